The SMILES string of the molecule is C(#Cc1ccccc1)C1=C(c2ccccc2)C(C#Cc2ccccc2)=C(c2ccccc2)C(C#Cc2ccccc2)=C(c2ccccc2)C(c2ccccc2)=C1C#Cc1ccccc1. The second-order valence-corrected chi connectivity index (χ2v) is 14.9. The smallest absolute Gasteiger partial charge is 0.0503 e. The fraction of sp³-hybridized carbons (Fsp3) is 0. The molecular formula is C64H40. The van der Waals surface area contributed by atoms with Crippen LogP contribution < -0.4 is 0 Å². The Kier molecular flexibility index (Phi) is 12.6. The number of rotatable bonds is 4. The summed E-state index contributed by atoms with van der Waals surface area (Å²) in [5.74, 6) is 29.7. The largest absolute Gasteiger partial charge is 0.0622 e. The molecular weight excluding hydrogens is 769 g/mol. The molecule has 0 heteroatoms. The molecule has 0 N–H and O–H groups in total. The van der Waals surface area contributed by atoms with Crippen LogP contribution in [0.5, 0.6) is 0 Å². The zero-order valence-electron chi connectivity index (χ0n) is 35.1. The van der Waals surface area contributed by atoms with Crippen molar-refractivity contribution in [3.8, 4) is 47.4 Å². The third kappa shape index (κ3) is 9.46. The predicted octanol–water partition coefficient (Wildman–Crippen LogP) is 14.0. The van der Waals surface area contributed by atoms with Gasteiger partial charge in [0.05, 0.1) is 5.57 Å². The summed E-state index contributed by atoms with van der Waals surface area (Å²) in [4.78, 5) is 0. The molecule has 0 atom stereocenters. The van der Waals surface area contributed by atoms with Crippen LogP contribution >= 0.6 is 0 Å². The maximum atomic E-state index is 3.83. The van der Waals surface area contributed by atoms with Crippen molar-refractivity contribution in [1.82, 2.24) is 0 Å². The van der Waals surface area contributed by atoms with Crippen molar-refractivity contribution >= 4 is 22.3 Å². The topological polar surface area (TPSA) is 0 Å². The zero-order chi connectivity index (χ0) is 43.2. The third-order valence-corrected chi connectivity index (χ3v) is 10.7. The summed E-state index contributed by atoms with van der Waals surface area (Å²) < 4.78 is 0. The van der Waals surface area contributed by atoms with Crippen LogP contribution in [0.3, 0.4) is 0 Å². The highest BCUT2D eigenvalue weighted by Crippen LogP contribution is 2.48. The average Bonchev–Trinajstić information content (AvgIpc) is 3.37. The van der Waals surface area contributed by atoms with E-state index >= 15 is 0 Å². The first-order chi connectivity index (χ1) is 31.8. The highest BCUT2D eigenvalue weighted by atomic mass is 14.3. The molecule has 9 rings (SSSR count). The predicted molar refractivity (Wildman–Crippen MR) is 267 cm³/mol. The number of hydrogen-bond acceptors (Lipinski definition) is 0. The molecule has 0 bridgehead atoms. The lowest BCUT2D eigenvalue weighted by Crippen LogP contribution is -2.09. The van der Waals surface area contributed by atoms with Gasteiger partial charge in [0.25, 0.3) is 0 Å². The molecule has 0 radical (unpaired) electrons. The molecule has 0 nitrogen and oxygen atoms in total. The molecule has 0 spiro atoms. The molecule has 0 amide bonds. The van der Waals surface area contributed by atoms with E-state index in [2.05, 4.69) is 175 Å². The van der Waals surface area contributed by atoms with Crippen LogP contribution in [0, 0.1) is 47.4 Å². The van der Waals surface area contributed by atoms with Gasteiger partial charge < -0.3 is 0 Å². The van der Waals surface area contributed by atoms with E-state index in [0.717, 1.165) is 89.1 Å². The van der Waals surface area contributed by atoms with Crippen LogP contribution in [-0.2, 0) is 0 Å². The summed E-state index contributed by atoms with van der Waals surface area (Å²) in [5, 5.41) is 0. The van der Waals surface area contributed by atoms with Gasteiger partial charge in [-0.25, -0.2) is 0 Å². The first-order valence-electron chi connectivity index (χ1n) is 21.3. The first-order valence-corrected chi connectivity index (χ1v) is 21.3. The summed E-state index contributed by atoms with van der Waals surface area (Å²) >= 11 is 0. The van der Waals surface area contributed by atoms with Crippen molar-refractivity contribution in [2.45, 2.75) is 0 Å². The van der Waals surface area contributed by atoms with Gasteiger partial charge in [0.2, 0.25) is 0 Å². The standard InChI is InChI=1S/C64H40/c1-9-25-49(26-10-1)41-45-57-58(46-42-50-27-11-2-12-28-50)63(55-37-21-7-22-38-55)64(56-39-23-8-24-40-56)60(48-44-52-31-15-4-16-32-52)62(54-35-19-6-20-36-54)59(47-43-51-29-13-3-14-30-51)61(57)53-33-17-5-18-34-53/h1-40H. The van der Waals surface area contributed by atoms with E-state index in [0.29, 0.717) is 0 Å². The second-order valence-electron chi connectivity index (χ2n) is 14.9. The highest BCUT2D eigenvalue weighted by molar-refractivity contribution is 6.19. The monoisotopic (exact) mass is 808 g/mol. The first kappa shape index (κ1) is 40.4. The minimum atomic E-state index is 0.756. The Balaban J connectivity index is 1.59. The number of allylic oxidation sites excluding steroid dienone is 8. The molecule has 8 aromatic rings. The normalized spacial score (nSPS) is 12.2. The van der Waals surface area contributed by atoms with E-state index in [1.54, 1.807) is 0 Å². The van der Waals surface area contributed by atoms with Crippen LogP contribution in [0.1, 0.15) is 44.5 Å². The molecule has 0 fully saturated rings. The van der Waals surface area contributed by atoms with Gasteiger partial charge in [0.15, 0.2) is 0 Å². The van der Waals surface area contributed by atoms with E-state index in [-0.39, 0.29) is 0 Å². The highest BCUT2D eigenvalue weighted by Gasteiger charge is 2.30. The van der Waals surface area contributed by atoms with Crippen molar-refractivity contribution in [1.29, 1.82) is 0 Å². The molecule has 8 aromatic carbocycles. The van der Waals surface area contributed by atoms with Crippen molar-refractivity contribution in [2.75, 3.05) is 0 Å². The van der Waals surface area contributed by atoms with Crippen LogP contribution in [-0.4, -0.2) is 0 Å². The van der Waals surface area contributed by atoms with Gasteiger partial charge in [0.1, 0.15) is 0 Å². The fourth-order valence-electron chi connectivity index (χ4n) is 7.70. The average molecular weight is 809 g/mol. The minimum Gasteiger partial charge on any atom is -0.0622 e. The van der Waals surface area contributed by atoms with Crippen molar-refractivity contribution < 1.29 is 0 Å². The fourth-order valence-corrected chi connectivity index (χ4v) is 7.70. The minimum absolute atomic E-state index is 0.756. The third-order valence-electron chi connectivity index (χ3n) is 10.7. The van der Waals surface area contributed by atoms with Crippen LogP contribution in [0.25, 0.3) is 22.3 Å². The Hall–Kier alpha value is -9.04. The van der Waals surface area contributed by atoms with Gasteiger partial charge in [-0.2, -0.15) is 0 Å². The summed E-state index contributed by atoms with van der Waals surface area (Å²) in [7, 11) is 0. The van der Waals surface area contributed by atoms with E-state index in [1.165, 1.54) is 0 Å². The lowest BCUT2D eigenvalue weighted by Gasteiger charge is -2.27. The Morgan fingerprint density at radius 1 is 0.156 bits per heavy atom. The summed E-state index contributed by atoms with van der Waals surface area (Å²) in [5.41, 5.74) is 14.2. The summed E-state index contributed by atoms with van der Waals surface area (Å²) in [6, 6.07) is 82.8. The molecule has 0 heterocycles. The van der Waals surface area contributed by atoms with Crippen LogP contribution in [0.15, 0.2) is 265 Å². The van der Waals surface area contributed by atoms with Crippen LogP contribution in [0.4, 0.5) is 0 Å². The second kappa shape index (κ2) is 20.0. The zero-order valence-corrected chi connectivity index (χ0v) is 35.1. The van der Waals surface area contributed by atoms with E-state index in [9.17, 15) is 0 Å². The maximum Gasteiger partial charge on any atom is 0.0503 e. The van der Waals surface area contributed by atoms with Crippen LogP contribution in [0.2, 0.25) is 0 Å². The number of benzene rings is 8. The lowest BCUT2D eigenvalue weighted by atomic mass is 9.74. The van der Waals surface area contributed by atoms with Gasteiger partial charge in [-0.1, -0.05) is 241 Å². The molecule has 0 unspecified atom stereocenters. The molecule has 64 heavy (non-hydrogen) atoms. The van der Waals surface area contributed by atoms with Crippen molar-refractivity contribution in [3.05, 3.63) is 309 Å². The summed E-state index contributed by atoms with van der Waals surface area (Å²) in [6.45, 7) is 0. The van der Waals surface area contributed by atoms with Gasteiger partial charge in [-0.05, 0) is 70.8 Å². The van der Waals surface area contributed by atoms with Gasteiger partial charge in [-0.15, -0.1) is 0 Å². The van der Waals surface area contributed by atoms with Gasteiger partial charge in [0, 0.05) is 61.3 Å². The molecule has 1 aliphatic rings. The quantitative estimate of drug-likeness (QED) is 0.155. The van der Waals surface area contributed by atoms with Gasteiger partial charge in [-0.3, -0.25) is 0 Å². The van der Waals surface area contributed by atoms with E-state index in [4.69, 9.17) is 0 Å². The maximum absolute atomic E-state index is 3.83. The van der Waals surface area contributed by atoms with Crippen molar-refractivity contribution in [3.63, 3.8) is 0 Å². The lowest BCUT2D eigenvalue weighted by molar-refractivity contribution is 1.47. The van der Waals surface area contributed by atoms with E-state index < -0.39 is 0 Å². The Labute approximate surface area is 377 Å². The Morgan fingerprint density at radius 2 is 0.344 bits per heavy atom. The molecule has 0 saturated carbocycles. The van der Waals surface area contributed by atoms with E-state index in [1.807, 2.05) is 115 Å². The summed E-state index contributed by atoms with van der Waals surface area (Å²) in [6.07, 6.45) is 0. The number of hydrogen-bond donors (Lipinski definition) is 0. The molecule has 0 aliphatic heterocycles. The molecule has 0 saturated heterocycles. The molecule has 0 aromatic heterocycles. The molecule has 1 aliphatic carbocycles. The molecule has 296 valence electrons. The Morgan fingerprint density at radius 3 is 0.641 bits per heavy atom. The Bertz CT molecular complexity index is 3290. The van der Waals surface area contributed by atoms with Crippen molar-refractivity contribution in [2.24, 2.45) is 0 Å². The van der Waals surface area contributed by atoms with Gasteiger partial charge >= 0.3 is 0 Å².